The van der Waals surface area contributed by atoms with Crippen LogP contribution >= 0.6 is 0 Å². The zero-order chi connectivity index (χ0) is 21.5. The van der Waals surface area contributed by atoms with Gasteiger partial charge in [0.05, 0.1) is 19.3 Å². The first-order valence-corrected chi connectivity index (χ1v) is 10.1. The van der Waals surface area contributed by atoms with Crippen LogP contribution < -0.4 is 15.0 Å². The summed E-state index contributed by atoms with van der Waals surface area (Å²) < 4.78 is 10.9. The van der Waals surface area contributed by atoms with Crippen LogP contribution in [0, 0.1) is 0 Å². The third kappa shape index (κ3) is 5.73. The molecule has 1 aliphatic rings. The van der Waals surface area contributed by atoms with Gasteiger partial charge in [-0.3, -0.25) is 9.59 Å². The Morgan fingerprint density at radius 1 is 1.13 bits per heavy atom. The topological polar surface area (TPSA) is 71.1 Å². The summed E-state index contributed by atoms with van der Waals surface area (Å²) in [5.74, 6) is 0.156. The van der Waals surface area contributed by atoms with Crippen molar-refractivity contribution in [2.24, 2.45) is 0 Å². The molecule has 160 valence electrons. The molecule has 1 unspecified atom stereocenters. The molecule has 2 aromatic rings. The van der Waals surface area contributed by atoms with Gasteiger partial charge in [0.25, 0.3) is 11.8 Å². The number of benzene rings is 2. The molecule has 0 spiro atoms. The molecular weight excluding hydrogens is 382 g/mol. The molecule has 7 heteroatoms. The summed E-state index contributed by atoms with van der Waals surface area (Å²) in [6.45, 7) is 5.18. The van der Waals surface area contributed by atoms with E-state index < -0.39 is 0 Å². The molecule has 2 aromatic carbocycles. The molecule has 0 aliphatic carbocycles. The average molecular weight is 412 g/mol. The van der Waals surface area contributed by atoms with Crippen LogP contribution in [-0.4, -0.2) is 63.7 Å². The summed E-state index contributed by atoms with van der Waals surface area (Å²) in [6.07, 6.45) is 0. The summed E-state index contributed by atoms with van der Waals surface area (Å²) in [5, 5.41) is 3.02. The number of morpholine rings is 1. The largest absolute Gasteiger partial charge is 0.484 e. The normalized spacial score (nSPS) is 14.7. The number of amides is 2. The Bertz CT molecular complexity index is 861. The summed E-state index contributed by atoms with van der Waals surface area (Å²) in [7, 11) is 3.34. The van der Waals surface area contributed by atoms with E-state index in [0.717, 1.165) is 37.6 Å². The van der Waals surface area contributed by atoms with Crippen molar-refractivity contribution in [3.8, 4) is 5.75 Å². The number of likely N-dealkylation sites (N-methyl/N-ethyl adjacent to an activating group) is 1. The van der Waals surface area contributed by atoms with Crippen molar-refractivity contribution in [1.82, 2.24) is 10.2 Å². The van der Waals surface area contributed by atoms with E-state index in [1.54, 1.807) is 38.4 Å². The number of ether oxygens (including phenoxy) is 2. The van der Waals surface area contributed by atoms with Crippen LogP contribution in [0.15, 0.2) is 48.5 Å². The van der Waals surface area contributed by atoms with Crippen molar-refractivity contribution in [2.75, 3.05) is 51.9 Å². The number of rotatable bonds is 7. The minimum absolute atomic E-state index is 0.0655. The SMILES string of the molecule is CC(NC(=O)c1cccc(OCC(=O)N(C)C)c1)c1ccc(N2CCOCC2)cc1. The van der Waals surface area contributed by atoms with Crippen LogP contribution in [0.5, 0.6) is 5.75 Å². The van der Waals surface area contributed by atoms with E-state index >= 15 is 0 Å². The Labute approximate surface area is 177 Å². The molecule has 0 aromatic heterocycles. The van der Waals surface area contributed by atoms with Gasteiger partial charge in [0.15, 0.2) is 6.61 Å². The zero-order valence-electron chi connectivity index (χ0n) is 17.8. The molecule has 1 fully saturated rings. The van der Waals surface area contributed by atoms with Gasteiger partial charge in [-0.15, -0.1) is 0 Å². The maximum absolute atomic E-state index is 12.7. The second-order valence-corrected chi connectivity index (χ2v) is 7.49. The molecular formula is C23H29N3O4. The fourth-order valence-electron chi connectivity index (χ4n) is 3.16. The maximum atomic E-state index is 12.7. The quantitative estimate of drug-likeness (QED) is 0.758. The molecule has 0 radical (unpaired) electrons. The second-order valence-electron chi connectivity index (χ2n) is 7.49. The van der Waals surface area contributed by atoms with Crippen molar-refractivity contribution in [1.29, 1.82) is 0 Å². The first kappa shape index (κ1) is 21.6. The molecule has 0 saturated carbocycles. The highest BCUT2D eigenvalue weighted by Crippen LogP contribution is 2.21. The van der Waals surface area contributed by atoms with E-state index in [2.05, 4.69) is 22.3 Å². The van der Waals surface area contributed by atoms with E-state index in [9.17, 15) is 9.59 Å². The molecule has 1 aliphatic heterocycles. The Balaban J connectivity index is 1.58. The van der Waals surface area contributed by atoms with Crippen LogP contribution in [-0.2, 0) is 9.53 Å². The fourth-order valence-corrected chi connectivity index (χ4v) is 3.16. The number of hydrogen-bond donors (Lipinski definition) is 1. The minimum atomic E-state index is -0.191. The predicted octanol–water partition coefficient (Wildman–Crippen LogP) is 2.48. The highest BCUT2D eigenvalue weighted by molar-refractivity contribution is 5.94. The lowest BCUT2D eigenvalue weighted by molar-refractivity contribution is -0.130. The van der Waals surface area contributed by atoms with Gasteiger partial charge in [0, 0.05) is 38.4 Å². The molecule has 7 nitrogen and oxygen atoms in total. The van der Waals surface area contributed by atoms with Crippen LogP contribution in [0.25, 0.3) is 0 Å². The smallest absolute Gasteiger partial charge is 0.259 e. The summed E-state index contributed by atoms with van der Waals surface area (Å²) in [6, 6.07) is 15.0. The molecule has 1 N–H and O–H groups in total. The summed E-state index contributed by atoms with van der Waals surface area (Å²) >= 11 is 0. The zero-order valence-corrected chi connectivity index (χ0v) is 17.8. The van der Waals surface area contributed by atoms with E-state index in [1.807, 2.05) is 19.1 Å². The molecule has 2 amide bonds. The lowest BCUT2D eigenvalue weighted by Gasteiger charge is -2.29. The lowest BCUT2D eigenvalue weighted by atomic mass is 10.1. The first-order valence-electron chi connectivity index (χ1n) is 10.1. The Kier molecular flexibility index (Phi) is 7.30. The summed E-state index contributed by atoms with van der Waals surface area (Å²) in [5.41, 5.74) is 2.68. The number of carbonyl (C=O) groups is 2. The minimum Gasteiger partial charge on any atom is -0.484 e. The summed E-state index contributed by atoms with van der Waals surface area (Å²) in [4.78, 5) is 28.1. The standard InChI is InChI=1S/C23H29N3O4/c1-17(18-7-9-20(10-8-18)26-11-13-29-14-12-26)24-23(28)19-5-4-6-21(15-19)30-16-22(27)25(2)3/h4-10,15,17H,11-14,16H2,1-3H3,(H,24,28). The third-order valence-electron chi connectivity index (χ3n) is 5.07. The van der Waals surface area contributed by atoms with Gasteiger partial charge in [-0.2, -0.15) is 0 Å². The lowest BCUT2D eigenvalue weighted by Crippen LogP contribution is -2.36. The Morgan fingerprint density at radius 2 is 1.83 bits per heavy atom. The van der Waals surface area contributed by atoms with Crippen molar-refractivity contribution < 1.29 is 19.1 Å². The number of nitrogens with zero attached hydrogens (tertiary/aromatic N) is 2. The van der Waals surface area contributed by atoms with Crippen molar-refractivity contribution in [3.05, 3.63) is 59.7 Å². The Morgan fingerprint density at radius 3 is 2.50 bits per heavy atom. The van der Waals surface area contributed by atoms with Gasteiger partial charge < -0.3 is 24.6 Å². The van der Waals surface area contributed by atoms with Crippen molar-refractivity contribution in [2.45, 2.75) is 13.0 Å². The van der Waals surface area contributed by atoms with Crippen LogP contribution in [0.2, 0.25) is 0 Å². The van der Waals surface area contributed by atoms with Crippen molar-refractivity contribution in [3.63, 3.8) is 0 Å². The van der Waals surface area contributed by atoms with Gasteiger partial charge in [-0.1, -0.05) is 18.2 Å². The third-order valence-corrected chi connectivity index (χ3v) is 5.07. The van der Waals surface area contributed by atoms with Gasteiger partial charge in [-0.25, -0.2) is 0 Å². The number of hydrogen-bond acceptors (Lipinski definition) is 5. The van der Waals surface area contributed by atoms with Crippen LogP contribution in [0.1, 0.15) is 28.9 Å². The monoisotopic (exact) mass is 411 g/mol. The molecule has 0 bridgehead atoms. The molecule has 1 atom stereocenters. The van der Waals surface area contributed by atoms with Crippen LogP contribution in [0.3, 0.4) is 0 Å². The predicted molar refractivity (Wildman–Crippen MR) is 116 cm³/mol. The second kappa shape index (κ2) is 10.1. The highest BCUT2D eigenvalue weighted by Gasteiger charge is 2.15. The van der Waals surface area contributed by atoms with Gasteiger partial charge in [0.1, 0.15) is 5.75 Å². The number of nitrogens with one attached hydrogen (secondary N) is 1. The van der Waals surface area contributed by atoms with E-state index in [1.165, 1.54) is 4.90 Å². The van der Waals surface area contributed by atoms with Crippen LogP contribution in [0.4, 0.5) is 5.69 Å². The van der Waals surface area contributed by atoms with E-state index in [-0.39, 0.29) is 24.5 Å². The average Bonchev–Trinajstić information content (AvgIpc) is 2.78. The molecule has 1 heterocycles. The number of anilines is 1. The van der Waals surface area contributed by atoms with E-state index in [4.69, 9.17) is 9.47 Å². The molecule has 30 heavy (non-hydrogen) atoms. The van der Waals surface area contributed by atoms with Gasteiger partial charge >= 0.3 is 0 Å². The highest BCUT2D eigenvalue weighted by atomic mass is 16.5. The first-order chi connectivity index (χ1) is 14.4. The maximum Gasteiger partial charge on any atom is 0.259 e. The fraction of sp³-hybridized carbons (Fsp3) is 0.391. The number of carbonyl (C=O) groups excluding carboxylic acids is 2. The Hall–Kier alpha value is -3.06. The molecule has 3 rings (SSSR count). The van der Waals surface area contributed by atoms with Gasteiger partial charge in [0.2, 0.25) is 0 Å². The van der Waals surface area contributed by atoms with Crippen molar-refractivity contribution >= 4 is 17.5 Å². The van der Waals surface area contributed by atoms with E-state index in [0.29, 0.717) is 11.3 Å². The van der Waals surface area contributed by atoms with Gasteiger partial charge in [-0.05, 0) is 42.8 Å². The molecule has 1 saturated heterocycles.